The van der Waals surface area contributed by atoms with Gasteiger partial charge < -0.3 is 9.64 Å². The Bertz CT molecular complexity index is 781. The number of carbonyl (C=O) groups excluding carboxylic acids is 1. The van der Waals surface area contributed by atoms with Gasteiger partial charge in [0.1, 0.15) is 6.54 Å². The number of aryl methyl sites for hydroxylation is 1. The number of aromatic nitrogens is 3. The normalized spacial score (nSPS) is 21.0. The molecule has 1 fully saturated rings. The maximum atomic E-state index is 12.8. The number of aromatic amines is 1. The van der Waals surface area contributed by atoms with Gasteiger partial charge in [-0.3, -0.25) is 14.5 Å². The van der Waals surface area contributed by atoms with Gasteiger partial charge in [0.15, 0.2) is 10.6 Å². The highest BCUT2D eigenvalue weighted by molar-refractivity contribution is 7.71. The van der Waals surface area contributed by atoms with Gasteiger partial charge in [0.25, 0.3) is 0 Å². The van der Waals surface area contributed by atoms with E-state index in [0.29, 0.717) is 23.7 Å². The van der Waals surface area contributed by atoms with Gasteiger partial charge in [0.2, 0.25) is 5.91 Å². The lowest BCUT2D eigenvalue weighted by Gasteiger charge is -2.36. The van der Waals surface area contributed by atoms with Crippen LogP contribution in [0.1, 0.15) is 19.4 Å². The molecule has 6 nitrogen and oxygen atoms in total. The number of ether oxygens (including phenoxy) is 1. The van der Waals surface area contributed by atoms with Crippen LogP contribution in [0.4, 0.5) is 0 Å². The quantitative estimate of drug-likeness (QED) is 0.868. The number of nitrogens with zero attached hydrogens (tertiary/aromatic N) is 3. The molecule has 24 heavy (non-hydrogen) atoms. The lowest BCUT2D eigenvalue weighted by Crippen LogP contribution is -2.51. The number of amides is 1. The predicted octanol–water partition coefficient (Wildman–Crippen LogP) is 2.55. The Morgan fingerprint density at radius 1 is 1.38 bits per heavy atom. The van der Waals surface area contributed by atoms with Crippen LogP contribution in [0, 0.1) is 11.7 Å². The van der Waals surface area contributed by atoms with E-state index in [9.17, 15) is 4.79 Å². The molecule has 1 aromatic carbocycles. The van der Waals surface area contributed by atoms with Crippen molar-refractivity contribution in [2.45, 2.75) is 39.5 Å². The van der Waals surface area contributed by atoms with Gasteiger partial charge in [-0.2, -0.15) is 5.10 Å². The molecule has 0 aliphatic carbocycles. The van der Waals surface area contributed by atoms with Crippen LogP contribution in [-0.2, 0) is 16.1 Å². The maximum absolute atomic E-state index is 12.8. The highest BCUT2D eigenvalue weighted by atomic mass is 32.1. The number of hydrogen-bond acceptors (Lipinski definition) is 4. The number of carbonyl (C=O) groups is 1. The van der Waals surface area contributed by atoms with Crippen molar-refractivity contribution in [1.82, 2.24) is 19.7 Å². The topological polar surface area (TPSA) is 63.2 Å². The van der Waals surface area contributed by atoms with Gasteiger partial charge in [-0.1, -0.05) is 29.8 Å². The summed E-state index contributed by atoms with van der Waals surface area (Å²) in [6, 6.07) is 8.08. The van der Waals surface area contributed by atoms with Crippen LogP contribution in [0.3, 0.4) is 0 Å². The van der Waals surface area contributed by atoms with Gasteiger partial charge >= 0.3 is 0 Å². The molecule has 0 bridgehead atoms. The first-order valence-electron chi connectivity index (χ1n) is 8.09. The largest absolute Gasteiger partial charge is 0.375 e. The molecule has 2 heterocycles. The molecule has 3 rings (SSSR count). The van der Waals surface area contributed by atoms with E-state index in [0.717, 1.165) is 5.56 Å². The van der Waals surface area contributed by atoms with Crippen molar-refractivity contribution in [1.29, 1.82) is 0 Å². The van der Waals surface area contributed by atoms with E-state index in [1.54, 1.807) is 4.57 Å². The summed E-state index contributed by atoms with van der Waals surface area (Å²) in [5, 5.41) is 7.10. The van der Waals surface area contributed by atoms with E-state index < -0.39 is 0 Å². The van der Waals surface area contributed by atoms with E-state index in [1.807, 2.05) is 49.9 Å². The van der Waals surface area contributed by atoms with E-state index in [-0.39, 0.29) is 24.6 Å². The van der Waals surface area contributed by atoms with Crippen molar-refractivity contribution < 1.29 is 9.53 Å². The highest BCUT2D eigenvalue weighted by Gasteiger charge is 2.28. The fourth-order valence-electron chi connectivity index (χ4n) is 2.86. The Labute approximate surface area is 146 Å². The summed E-state index contributed by atoms with van der Waals surface area (Å²) < 4.78 is 7.80. The molecule has 1 saturated heterocycles. The average Bonchev–Trinajstić information content (AvgIpc) is 2.91. The Morgan fingerprint density at radius 3 is 2.79 bits per heavy atom. The second kappa shape index (κ2) is 6.86. The lowest BCUT2D eigenvalue weighted by molar-refractivity contribution is -0.143. The van der Waals surface area contributed by atoms with E-state index >= 15 is 0 Å². The molecule has 1 aromatic heterocycles. The van der Waals surface area contributed by atoms with Crippen molar-refractivity contribution in [3.8, 4) is 11.4 Å². The first kappa shape index (κ1) is 16.9. The van der Waals surface area contributed by atoms with Gasteiger partial charge in [-0.15, -0.1) is 0 Å². The SMILES string of the molecule is Cc1ccc(-c2n[nH]c(=S)n2CC(=O)N2CC(C)OCC2C)cc1. The molecule has 1 aliphatic rings. The fourth-order valence-corrected chi connectivity index (χ4v) is 3.06. The number of nitrogens with one attached hydrogen (secondary N) is 1. The minimum absolute atomic E-state index is 0.0310. The highest BCUT2D eigenvalue weighted by Crippen LogP contribution is 2.19. The minimum atomic E-state index is 0.0310. The first-order chi connectivity index (χ1) is 11.5. The third-order valence-corrected chi connectivity index (χ3v) is 4.60. The van der Waals surface area contributed by atoms with Gasteiger partial charge in [-0.25, -0.2) is 0 Å². The smallest absolute Gasteiger partial charge is 0.243 e. The van der Waals surface area contributed by atoms with Crippen LogP contribution in [0.25, 0.3) is 11.4 Å². The molecule has 1 N–H and O–H groups in total. The van der Waals surface area contributed by atoms with Crippen LogP contribution in [0.15, 0.2) is 24.3 Å². The van der Waals surface area contributed by atoms with Crippen LogP contribution < -0.4 is 0 Å². The Morgan fingerprint density at radius 2 is 2.08 bits per heavy atom. The average molecular weight is 346 g/mol. The number of rotatable bonds is 3. The standard InChI is InChI=1S/C17H22N4O2S/c1-11-4-6-14(7-5-11)16-18-19-17(24)21(16)9-15(22)20-8-13(3)23-10-12(20)2/h4-7,12-13H,8-10H2,1-3H3,(H,19,24). The van der Waals surface area contributed by atoms with Crippen LogP contribution in [0.5, 0.6) is 0 Å². The third-order valence-electron chi connectivity index (χ3n) is 4.29. The van der Waals surface area contributed by atoms with Gasteiger partial charge in [0.05, 0.1) is 18.8 Å². The number of morpholine rings is 1. The van der Waals surface area contributed by atoms with Crippen molar-refractivity contribution in [2.75, 3.05) is 13.2 Å². The summed E-state index contributed by atoms with van der Waals surface area (Å²) in [6.45, 7) is 7.35. The molecule has 128 valence electrons. The van der Waals surface area contributed by atoms with Crippen molar-refractivity contribution >= 4 is 18.1 Å². The Balaban J connectivity index is 1.85. The summed E-state index contributed by atoms with van der Waals surface area (Å²) in [5.74, 6) is 0.714. The molecule has 2 atom stereocenters. The van der Waals surface area contributed by atoms with Crippen molar-refractivity contribution in [3.63, 3.8) is 0 Å². The minimum Gasteiger partial charge on any atom is -0.375 e. The maximum Gasteiger partial charge on any atom is 0.243 e. The third kappa shape index (κ3) is 3.42. The number of hydrogen-bond donors (Lipinski definition) is 1. The molecule has 7 heteroatoms. The van der Waals surface area contributed by atoms with E-state index in [2.05, 4.69) is 10.2 Å². The van der Waals surface area contributed by atoms with E-state index in [1.165, 1.54) is 5.56 Å². The van der Waals surface area contributed by atoms with Crippen LogP contribution in [0.2, 0.25) is 0 Å². The predicted molar refractivity (Wildman–Crippen MR) is 94.2 cm³/mol. The van der Waals surface area contributed by atoms with E-state index in [4.69, 9.17) is 17.0 Å². The second-order valence-electron chi connectivity index (χ2n) is 6.34. The molecular weight excluding hydrogens is 324 g/mol. The molecule has 1 amide bonds. The fraction of sp³-hybridized carbons (Fsp3) is 0.471. The second-order valence-corrected chi connectivity index (χ2v) is 6.73. The van der Waals surface area contributed by atoms with Crippen molar-refractivity contribution in [2.24, 2.45) is 0 Å². The molecule has 1 aliphatic heterocycles. The summed E-state index contributed by atoms with van der Waals surface area (Å²) >= 11 is 5.32. The molecule has 0 spiro atoms. The zero-order valence-electron chi connectivity index (χ0n) is 14.2. The Kier molecular flexibility index (Phi) is 4.82. The molecule has 0 radical (unpaired) electrons. The van der Waals surface area contributed by atoms with Gasteiger partial charge in [0, 0.05) is 12.1 Å². The molecular formula is C17H22N4O2S. The summed E-state index contributed by atoms with van der Waals surface area (Å²) in [4.78, 5) is 14.6. The summed E-state index contributed by atoms with van der Waals surface area (Å²) in [6.07, 6.45) is 0.0547. The summed E-state index contributed by atoms with van der Waals surface area (Å²) in [5.41, 5.74) is 2.11. The molecule has 2 unspecified atom stereocenters. The van der Waals surface area contributed by atoms with Crippen LogP contribution in [-0.4, -0.2) is 50.9 Å². The van der Waals surface area contributed by atoms with Gasteiger partial charge in [-0.05, 0) is 33.0 Å². The Hall–Kier alpha value is -1.99. The molecule has 0 saturated carbocycles. The zero-order valence-corrected chi connectivity index (χ0v) is 15.0. The van der Waals surface area contributed by atoms with Crippen molar-refractivity contribution in [3.05, 3.63) is 34.6 Å². The zero-order chi connectivity index (χ0) is 17.3. The lowest BCUT2D eigenvalue weighted by atomic mass is 10.1. The monoisotopic (exact) mass is 346 g/mol. The summed E-state index contributed by atoms with van der Waals surface area (Å²) in [7, 11) is 0. The molecule has 2 aromatic rings. The number of benzene rings is 1. The first-order valence-corrected chi connectivity index (χ1v) is 8.50. The number of H-pyrrole nitrogens is 1. The van der Waals surface area contributed by atoms with Crippen LogP contribution >= 0.6 is 12.2 Å².